The molecule has 3 heterocycles. The number of rotatable bonds is 2. The third-order valence-electron chi connectivity index (χ3n) is 4.97. The molecule has 6 heteroatoms. The van der Waals surface area contributed by atoms with Gasteiger partial charge in [0.05, 0.1) is 11.5 Å². The summed E-state index contributed by atoms with van der Waals surface area (Å²) in [6, 6.07) is 5.26. The number of ether oxygens (including phenoxy) is 1. The molecule has 21 heavy (non-hydrogen) atoms. The summed E-state index contributed by atoms with van der Waals surface area (Å²) in [6.45, 7) is 3.91. The lowest BCUT2D eigenvalue weighted by molar-refractivity contribution is 0.228. The van der Waals surface area contributed by atoms with Crippen molar-refractivity contribution < 1.29 is 13.2 Å². The van der Waals surface area contributed by atoms with Crippen molar-refractivity contribution in [3.8, 4) is 5.75 Å². The average Bonchev–Trinajstić information content (AvgIpc) is 3.14. The van der Waals surface area contributed by atoms with Crippen LogP contribution in [0.1, 0.15) is 12.0 Å². The lowest BCUT2D eigenvalue weighted by Gasteiger charge is -2.33. The summed E-state index contributed by atoms with van der Waals surface area (Å²) >= 11 is 0. The van der Waals surface area contributed by atoms with E-state index in [1.807, 2.05) is 0 Å². The maximum Gasteiger partial charge on any atom is 0.243 e. The van der Waals surface area contributed by atoms with Crippen molar-refractivity contribution in [3.63, 3.8) is 0 Å². The number of fused-ring (bicyclic) bond motifs is 2. The SMILES string of the molecule is O=S(=O)(c1ccc2c(c1)CCO2)N1CCC2CNCC2C1. The Bertz CT molecular complexity index is 659. The van der Waals surface area contributed by atoms with E-state index >= 15 is 0 Å². The monoisotopic (exact) mass is 308 g/mol. The Morgan fingerprint density at radius 1 is 1.24 bits per heavy atom. The molecule has 1 aromatic carbocycles. The predicted molar refractivity (Wildman–Crippen MR) is 78.9 cm³/mol. The fourth-order valence-electron chi connectivity index (χ4n) is 3.69. The van der Waals surface area contributed by atoms with Gasteiger partial charge in [-0.25, -0.2) is 8.42 Å². The normalized spacial score (nSPS) is 29.0. The Labute approximate surface area is 125 Å². The van der Waals surface area contributed by atoms with E-state index in [4.69, 9.17) is 4.74 Å². The van der Waals surface area contributed by atoms with Crippen LogP contribution in [0.5, 0.6) is 5.75 Å². The summed E-state index contributed by atoms with van der Waals surface area (Å²) in [5, 5.41) is 3.37. The molecule has 0 amide bonds. The van der Waals surface area contributed by atoms with Crippen molar-refractivity contribution in [2.45, 2.75) is 17.7 Å². The van der Waals surface area contributed by atoms with Crippen LogP contribution in [0.25, 0.3) is 0 Å². The molecule has 4 rings (SSSR count). The highest BCUT2D eigenvalue weighted by molar-refractivity contribution is 7.89. The predicted octanol–water partition coefficient (Wildman–Crippen LogP) is 0.851. The van der Waals surface area contributed by atoms with Crippen LogP contribution in [0.15, 0.2) is 23.1 Å². The van der Waals surface area contributed by atoms with Gasteiger partial charge in [0.2, 0.25) is 10.0 Å². The van der Waals surface area contributed by atoms with E-state index in [-0.39, 0.29) is 0 Å². The third kappa shape index (κ3) is 2.25. The fraction of sp³-hybridized carbons (Fsp3) is 0.600. The molecular weight excluding hydrogens is 288 g/mol. The molecule has 1 aromatic rings. The fourth-order valence-corrected chi connectivity index (χ4v) is 5.26. The summed E-state index contributed by atoms with van der Waals surface area (Å²) in [5.74, 6) is 1.93. The second-order valence-electron chi connectivity index (χ2n) is 6.20. The Morgan fingerprint density at radius 2 is 2.10 bits per heavy atom. The van der Waals surface area contributed by atoms with Gasteiger partial charge in [0, 0.05) is 19.5 Å². The van der Waals surface area contributed by atoms with Crippen molar-refractivity contribution in [2.75, 3.05) is 32.8 Å². The first-order valence-electron chi connectivity index (χ1n) is 7.61. The third-order valence-corrected chi connectivity index (χ3v) is 6.83. The van der Waals surface area contributed by atoms with Crippen LogP contribution < -0.4 is 10.1 Å². The first-order valence-corrected chi connectivity index (χ1v) is 9.05. The Hall–Kier alpha value is -1.11. The summed E-state index contributed by atoms with van der Waals surface area (Å²) in [7, 11) is -3.37. The molecule has 0 spiro atoms. The molecule has 114 valence electrons. The van der Waals surface area contributed by atoms with Crippen LogP contribution in [0, 0.1) is 11.8 Å². The van der Waals surface area contributed by atoms with Crippen molar-refractivity contribution in [1.82, 2.24) is 9.62 Å². The lowest BCUT2D eigenvalue weighted by Crippen LogP contribution is -2.43. The first-order chi connectivity index (χ1) is 10.1. The summed E-state index contributed by atoms with van der Waals surface area (Å²) in [5.41, 5.74) is 1.01. The number of nitrogens with zero attached hydrogens (tertiary/aromatic N) is 1. The lowest BCUT2D eigenvalue weighted by atomic mass is 9.90. The summed E-state index contributed by atoms with van der Waals surface area (Å²) in [6.07, 6.45) is 1.76. The second kappa shape index (κ2) is 4.97. The van der Waals surface area contributed by atoms with E-state index in [1.54, 1.807) is 22.5 Å². The number of piperidine rings is 1. The number of sulfonamides is 1. The minimum Gasteiger partial charge on any atom is -0.493 e. The van der Waals surface area contributed by atoms with E-state index in [2.05, 4.69) is 5.32 Å². The van der Waals surface area contributed by atoms with Gasteiger partial charge >= 0.3 is 0 Å². The van der Waals surface area contributed by atoms with Gasteiger partial charge in [-0.1, -0.05) is 0 Å². The molecule has 0 bridgehead atoms. The minimum absolute atomic E-state index is 0.413. The molecule has 0 radical (unpaired) electrons. The quantitative estimate of drug-likeness (QED) is 0.880. The van der Waals surface area contributed by atoms with Crippen molar-refractivity contribution >= 4 is 10.0 Å². The van der Waals surface area contributed by atoms with Gasteiger partial charge in [-0.3, -0.25) is 0 Å². The zero-order valence-corrected chi connectivity index (χ0v) is 12.7. The molecule has 2 fully saturated rings. The maximum atomic E-state index is 12.8. The van der Waals surface area contributed by atoms with Crippen molar-refractivity contribution in [1.29, 1.82) is 0 Å². The van der Waals surface area contributed by atoms with Gasteiger partial charge in [0.15, 0.2) is 0 Å². The average molecular weight is 308 g/mol. The van der Waals surface area contributed by atoms with Crippen LogP contribution >= 0.6 is 0 Å². The first kappa shape index (κ1) is 13.5. The smallest absolute Gasteiger partial charge is 0.243 e. The summed E-state index contributed by atoms with van der Waals surface area (Å²) in [4.78, 5) is 0.413. The summed E-state index contributed by atoms with van der Waals surface area (Å²) < 4.78 is 32.8. The van der Waals surface area contributed by atoms with Gasteiger partial charge in [-0.15, -0.1) is 0 Å². The molecule has 2 atom stereocenters. The van der Waals surface area contributed by atoms with Crippen LogP contribution in [0.3, 0.4) is 0 Å². The van der Waals surface area contributed by atoms with Gasteiger partial charge in [-0.05, 0) is 55.1 Å². The molecule has 2 unspecified atom stereocenters. The topological polar surface area (TPSA) is 58.6 Å². The van der Waals surface area contributed by atoms with Gasteiger partial charge in [0.1, 0.15) is 5.75 Å². The Kier molecular flexibility index (Phi) is 3.20. The standard InChI is InChI=1S/C15H20N2O3S/c18-21(19,14-1-2-15-11(7-14)4-6-20-15)17-5-3-12-8-16-9-13(12)10-17/h1-2,7,12-13,16H,3-6,8-10H2. The van der Waals surface area contributed by atoms with Crippen LogP contribution in [-0.2, 0) is 16.4 Å². The van der Waals surface area contributed by atoms with Crippen LogP contribution in [0.4, 0.5) is 0 Å². The molecular formula is C15H20N2O3S. The van der Waals surface area contributed by atoms with E-state index in [0.717, 1.165) is 37.2 Å². The maximum absolute atomic E-state index is 12.8. The largest absolute Gasteiger partial charge is 0.493 e. The highest BCUT2D eigenvalue weighted by Gasteiger charge is 2.37. The molecule has 2 saturated heterocycles. The molecule has 1 N–H and O–H groups in total. The van der Waals surface area contributed by atoms with Crippen molar-refractivity contribution in [2.24, 2.45) is 11.8 Å². The molecule has 5 nitrogen and oxygen atoms in total. The number of nitrogens with one attached hydrogen (secondary N) is 1. The number of benzene rings is 1. The van der Waals surface area contributed by atoms with Crippen LogP contribution in [0.2, 0.25) is 0 Å². The molecule has 0 aromatic heterocycles. The number of hydrogen-bond donors (Lipinski definition) is 1. The van der Waals surface area contributed by atoms with Crippen molar-refractivity contribution in [3.05, 3.63) is 23.8 Å². The van der Waals surface area contributed by atoms with E-state index in [9.17, 15) is 8.42 Å². The van der Waals surface area contributed by atoms with Gasteiger partial charge < -0.3 is 10.1 Å². The second-order valence-corrected chi connectivity index (χ2v) is 8.14. The molecule has 3 aliphatic heterocycles. The Morgan fingerprint density at radius 3 is 3.00 bits per heavy atom. The van der Waals surface area contributed by atoms with Gasteiger partial charge in [-0.2, -0.15) is 4.31 Å². The molecule has 0 aliphatic carbocycles. The highest BCUT2D eigenvalue weighted by atomic mass is 32.2. The Balaban J connectivity index is 1.61. The van der Waals surface area contributed by atoms with E-state index in [0.29, 0.717) is 36.4 Å². The zero-order chi connectivity index (χ0) is 14.4. The van der Waals surface area contributed by atoms with Crippen LogP contribution in [-0.4, -0.2) is 45.5 Å². The van der Waals surface area contributed by atoms with Gasteiger partial charge in [0.25, 0.3) is 0 Å². The van der Waals surface area contributed by atoms with E-state index < -0.39 is 10.0 Å². The minimum atomic E-state index is -3.37. The molecule has 0 saturated carbocycles. The zero-order valence-electron chi connectivity index (χ0n) is 11.9. The highest BCUT2D eigenvalue weighted by Crippen LogP contribution is 2.32. The number of hydrogen-bond acceptors (Lipinski definition) is 4. The van der Waals surface area contributed by atoms with E-state index in [1.165, 1.54) is 0 Å². The molecule has 3 aliphatic rings.